The Hall–Kier alpha value is -2.13. The largest absolute Gasteiger partial charge is 0.302 e. The molecule has 0 aliphatic heterocycles. The molecule has 3 aromatic heterocycles. The minimum atomic E-state index is 0.00887. The highest BCUT2D eigenvalue weighted by Gasteiger charge is 2.30. The van der Waals surface area contributed by atoms with E-state index in [4.69, 9.17) is 34.8 Å². The Bertz CT molecular complexity index is 1230. The molecule has 0 spiro atoms. The van der Waals surface area contributed by atoms with E-state index in [1.807, 2.05) is 0 Å². The second-order valence-electron chi connectivity index (χ2n) is 6.41. The minimum absolute atomic E-state index is 0.00887. The van der Waals surface area contributed by atoms with Gasteiger partial charge in [-0.3, -0.25) is 14.5 Å². The highest BCUT2D eigenvalue weighted by atomic mass is 35.5. The summed E-state index contributed by atoms with van der Waals surface area (Å²) in [6.07, 6.45) is 5.15. The van der Waals surface area contributed by atoms with Gasteiger partial charge in [-0.2, -0.15) is 5.10 Å². The molecule has 0 saturated heterocycles. The molecule has 3 heterocycles. The number of benzene rings is 1. The molecule has 28 heavy (non-hydrogen) atoms. The molecule has 0 atom stereocenters. The van der Waals surface area contributed by atoms with Gasteiger partial charge in [-0.05, 0) is 25.0 Å². The van der Waals surface area contributed by atoms with Gasteiger partial charge in [-0.25, -0.2) is 9.97 Å². The maximum atomic E-state index is 12.0. The Morgan fingerprint density at radius 1 is 1.29 bits per heavy atom. The van der Waals surface area contributed by atoms with Crippen LogP contribution in [0.1, 0.15) is 12.8 Å². The van der Waals surface area contributed by atoms with Crippen molar-refractivity contribution in [3.05, 3.63) is 39.7 Å². The third-order valence-corrected chi connectivity index (χ3v) is 6.40. The number of nitrogens with one attached hydrogen (secondary N) is 2. The molecule has 1 amide bonds. The number of anilines is 1. The molecule has 0 bridgehead atoms. The fourth-order valence-electron chi connectivity index (χ4n) is 2.88. The molecule has 7 nitrogen and oxygen atoms in total. The van der Waals surface area contributed by atoms with Crippen LogP contribution in [0.15, 0.2) is 24.7 Å². The zero-order valence-electron chi connectivity index (χ0n) is 14.0. The molecule has 4 aromatic rings. The van der Waals surface area contributed by atoms with Gasteiger partial charge >= 0.3 is 0 Å². The normalized spacial score (nSPS) is 14.0. The van der Waals surface area contributed by atoms with Crippen molar-refractivity contribution in [3.63, 3.8) is 0 Å². The lowest BCUT2D eigenvalue weighted by atomic mass is 10.1. The maximum Gasteiger partial charge on any atom is 0.229 e. The van der Waals surface area contributed by atoms with Crippen molar-refractivity contribution in [1.82, 2.24) is 24.7 Å². The fraction of sp³-hybridized carbons (Fsp3) is 0.176. The number of amides is 1. The number of halogens is 3. The summed E-state index contributed by atoms with van der Waals surface area (Å²) in [6.45, 7) is 0. The number of aromatic nitrogens is 5. The van der Waals surface area contributed by atoms with Gasteiger partial charge in [0.25, 0.3) is 0 Å². The number of carbonyl (C=O) groups excluding carboxylic acids is 1. The molecular formula is C17H11Cl3N6OS. The third-order valence-electron chi connectivity index (χ3n) is 4.41. The van der Waals surface area contributed by atoms with E-state index in [2.05, 4.69) is 25.5 Å². The molecular weight excluding hydrogens is 443 g/mol. The van der Waals surface area contributed by atoms with Crippen LogP contribution in [0.25, 0.3) is 27.4 Å². The number of thiazole rings is 1. The number of imidazole rings is 1. The first-order valence-corrected chi connectivity index (χ1v) is 10.3. The first-order chi connectivity index (χ1) is 13.5. The molecule has 1 fully saturated rings. The second-order valence-corrected chi connectivity index (χ2v) is 8.63. The molecule has 1 aliphatic carbocycles. The smallest absolute Gasteiger partial charge is 0.229 e. The van der Waals surface area contributed by atoms with Crippen molar-refractivity contribution in [3.8, 4) is 17.1 Å². The van der Waals surface area contributed by atoms with Gasteiger partial charge in [0.2, 0.25) is 5.91 Å². The Kier molecular flexibility index (Phi) is 4.31. The van der Waals surface area contributed by atoms with Gasteiger partial charge < -0.3 is 5.32 Å². The zero-order valence-corrected chi connectivity index (χ0v) is 17.1. The lowest BCUT2D eigenvalue weighted by Gasteiger charge is -2.09. The van der Waals surface area contributed by atoms with Crippen LogP contribution in [-0.2, 0) is 4.79 Å². The van der Waals surface area contributed by atoms with Gasteiger partial charge in [-0.15, -0.1) is 0 Å². The summed E-state index contributed by atoms with van der Waals surface area (Å²) in [5.41, 5.74) is 1.90. The van der Waals surface area contributed by atoms with Crippen LogP contribution in [0.4, 0.5) is 5.13 Å². The number of carbonyl (C=O) groups is 1. The fourth-order valence-corrected chi connectivity index (χ4v) is 4.48. The van der Waals surface area contributed by atoms with Crippen molar-refractivity contribution >= 4 is 67.5 Å². The number of aromatic amines is 1. The van der Waals surface area contributed by atoms with Crippen LogP contribution < -0.4 is 5.32 Å². The summed E-state index contributed by atoms with van der Waals surface area (Å²) in [7, 11) is 0. The van der Waals surface area contributed by atoms with Crippen molar-refractivity contribution in [2.45, 2.75) is 12.8 Å². The van der Waals surface area contributed by atoms with Crippen LogP contribution in [0.5, 0.6) is 0 Å². The number of hydrogen-bond acceptors (Lipinski definition) is 5. The monoisotopic (exact) mass is 452 g/mol. The summed E-state index contributed by atoms with van der Waals surface area (Å²) in [5, 5.41) is 11.8. The first-order valence-electron chi connectivity index (χ1n) is 8.34. The van der Waals surface area contributed by atoms with E-state index in [0.29, 0.717) is 42.9 Å². The van der Waals surface area contributed by atoms with Crippen molar-refractivity contribution in [2.24, 2.45) is 5.92 Å². The van der Waals surface area contributed by atoms with Crippen molar-refractivity contribution in [2.75, 3.05) is 5.32 Å². The number of nitrogens with zero attached hydrogens (tertiary/aromatic N) is 4. The second kappa shape index (κ2) is 6.73. The molecule has 5 rings (SSSR count). The number of fused-ring (bicyclic) bond motifs is 1. The van der Waals surface area contributed by atoms with Gasteiger partial charge in [0, 0.05) is 16.5 Å². The van der Waals surface area contributed by atoms with E-state index in [1.165, 1.54) is 11.3 Å². The molecule has 1 saturated carbocycles. The minimum Gasteiger partial charge on any atom is -0.302 e. The molecule has 11 heteroatoms. The number of rotatable bonds is 4. The predicted molar refractivity (Wildman–Crippen MR) is 111 cm³/mol. The lowest BCUT2D eigenvalue weighted by Crippen LogP contribution is -2.12. The molecule has 142 valence electrons. The van der Waals surface area contributed by atoms with Crippen LogP contribution in [0.3, 0.4) is 0 Å². The average molecular weight is 454 g/mol. The average Bonchev–Trinajstić information content (AvgIpc) is 3.09. The zero-order chi connectivity index (χ0) is 19.4. The highest BCUT2D eigenvalue weighted by Crippen LogP contribution is 2.39. The molecule has 0 radical (unpaired) electrons. The lowest BCUT2D eigenvalue weighted by molar-refractivity contribution is -0.117. The summed E-state index contributed by atoms with van der Waals surface area (Å²) < 4.78 is 2.56. The molecule has 1 aliphatic rings. The summed E-state index contributed by atoms with van der Waals surface area (Å²) in [4.78, 5) is 20.6. The first kappa shape index (κ1) is 17.9. The number of hydrogen-bond donors (Lipinski definition) is 2. The summed E-state index contributed by atoms with van der Waals surface area (Å²) in [6, 6.07) is 3.31. The van der Waals surface area contributed by atoms with Gasteiger partial charge in [0.05, 0.1) is 21.9 Å². The van der Waals surface area contributed by atoms with E-state index in [9.17, 15) is 4.79 Å². The van der Waals surface area contributed by atoms with E-state index in [0.717, 1.165) is 17.5 Å². The SMILES string of the molecule is O=C(Nc1nc2[nH]nc(-n3cncc3-c3cc(Cl)cc(Cl)c3Cl)c2s1)C1CC1. The van der Waals surface area contributed by atoms with E-state index < -0.39 is 0 Å². The predicted octanol–water partition coefficient (Wildman–Crippen LogP) is 5.18. The topological polar surface area (TPSA) is 88.5 Å². The number of H-pyrrole nitrogens is 1. The quantitative estimate of drug-likeness (QED) is 0.417. The Morgan fingerprint density at radius 3 is 2.89 bits per heavy atom. The molecule has 1 aromatic carbocycles. The van der Waals surface area contributed by atoms with Crippen LogP contribution in [0.2, 0.25) is 15.1 Å². The molecule has 2 N–H and O–H groups in total. The van der Waals surface area contributed by atoms with Crippen LogP contribution in [0, 0.1) is 5.92 Å². The maximum absolute atomic E-state index is 12.0. The Balaban J connectivity index is 1.58. The summed E-state index contributed by atoms with van der Waals surface area (Å²) in [5.74, 6) is 0.712. The van der Waals surface area contributed by atoms with Crippen LogP contribution >= 0.6 is 46.1 Å². The van der Waals surface area contributed by atoms with Crippen LogP contribution in [-0.4, -0.2) is 30.6 Å². The van der Waals surface area contributed by atoms with Gasteiger partial charge in [0.1, 0.15) is 11.0 Å². The Morgan fingerprint density at radius 2 is 2.11 bits per heavy atom. The Labute approximate surface area is 177 Å². The van der Waals surface area contributed by atoms with E-state index in [1.54, 1.807) is 29.2 Å². The van der Waals surface area contributed by atoms with Crippen molar-refractivity contribution < 1.29 is 4.79 Å². The highest BCUT2D eigenvalue weighted by molar-refractivity contribution is 7.22. The third kappa shape index (κ3) is 3.06. The molecule has 0 unspecified atom stereocenters. The van der Waals surface area contributed by atoms with E-state index in [-0.39, 0.29) is 11.8 Å². The summed E-state index contributed by atoms with van der Waals surface area (Å²) >= 11 is 20.1. The standard InChI is InChI=1S/C17H11Cl3N6OS/c18-8-3-9(12(20)10(19)4-8)11-5-21-6-26(11)15-13-14(24-25-15)22-17(28-13)23-16(27)7-1-2-7/h3-7H,1-2H2,(H2,22,23,24,25,27). The van der Waals surface area contributed by atoms with Gasteiger partial charge in [-0.1, -0.05) is 46.1 Å². The van der Waals surface area contributed by atoms with E-state index >= 15 is 0 Å². The van der Waals surface area contributed by atoms with Gasteiger partial charge in [0.15, 0.2) is 16.6 Å². The van der Waals surface area contributed by atoms with Crippen molar-refractivity contribution in [1.29, 1.82) is 0 Å².